The lowest BCUT2D eigenvalue weighted by Crippen LogP contribution is -2.54. The molecule has 40 heavy (non-hydrogen) atoms. The Bertz CT molecular complexity index is 1320. The molecule has 1 aromatic carbocycles. The minimum absolute atomic E-state index is 0.0835. The van der Waals surface area contributed by atoms with Crippen molar-refractivity contribution in [3.05, 3.63) is 53.3 Å². The van der Waals surface area contributed by atoms with Crippen LogP contribution in [0, 0.1) is 0 Å². The smallest absolute Gasteiger partial charge is 0.267 e. The van der Waals surface area contributed by atoms with E-state index in [0.29, 0.717) is 12.4 Å². The molecule has 210 valence electrons. The number of anilines is 1. The molecule has 0 bridgehead atoms. The summed E-state index contributed by atoms with van der Waals surface area (Å²) in [5.41, 5.74) is 6.96. The van der Waals surface area contributed by atoms with Gasteiger partial charge in [0.25, 0.3) is 17.7 Å². The Morgan fingerprint density at radius 3 is 2.45 bits per heavy atom. The van der Waals surface area contributed by atoms with Crippen LogP contribution in [0.15, 0.2) is 36.5 Å². The van der Waals surface area contributed by atoms with E-state index in [2.05, 4.69) is 20.1 Å². The molecule has 1 aromatic heterocycles. The Hall–Kier alpha value is -4.32. The van der Waals surface area contributed by atoms with Crippen LogP contribution in [-0.4, -0.2) is 89.7 Å². The fraction of sp³-hybridized carbons (Fsp3) is 0.429. The third kappa shape index (κ3) is 5.81. The van der Waals surface area contributed by atoms with Crippen LogP contribution in [0.2, 0.25) is 0 Å². The lowest BCUT2D eigenvalue weighted by molar-refractivity contribution is -0.136. The quantitative estimate of drug-likeness (QED) is 0.326. The van der Waals surface area contributed by atoms with Gasteiger partial charge in [-0.3, -0.25) is 39.1 Å². The molecular weight excluding hydrogens is 516 g/mol. The van der Waals surface area contributed by atoms with Crippen molar-refractivity contribution in [3.8, 4) is 5.75 Å². The first-order valence-electron chi connectivity index (χ1n) is 13.5. The van der Waals surface area contributed by atoms with Gasteiger partial charge in [-0.15, -0.1) is 0 Å². The summed E-state index contributed by atoms with van der Waals surface area (Å²) in [5, 5.41) is 2.20. The SMILES string of the molecule is NC(=O)c1ccc(N2CCN(CCCCCOc3ccc4c(c3)C(=O)N(C3CCC(=O)NC3=O)C4=O)CC2)cn1. The van der Waals surface area contributed by atoms with Crippen LogP contribution in [0.1, 0.15) is 63.3 Å². The molecule has 4 heterocycles. The molecule has 3 aliphatic heterocycles. The normalized spacial score (nSPS) is 19.6. The number of primary amides is 1. The number of nitrogens with two attached hydrogens (primary N) is 1. The number of unbranched alkanes of at least 4 members (excludes halogenated alkanes) is 2. The number of carbonyl (C=O) groups is 5. The number of amides is 5. The summed E-state index contributed by atoms with van der Waals surface area (Å²) in [6.07, 6.45) is 4.78. The molecule has 5 rings (SSSR count). The van der Waals surface area contributed by atoms with Gasteiger partial charge in [0.1, 0.15) is 17.5 Å². The second kappa shape index (κ2) is 11.8. The number of benzene rings is 1. The van der Waals surface area contributed by atoms with E-state index in [1.165, 1.54) is 0 Å². The number of nitrogens with one attached hydrogen (secondary N) is 1. The predicted octanol–water partition coefficient (Wildman–Crippen LogP) is 0.953. The molecule has 1 unspecified atom stereocenters. The van der Waals surface area contributed by atoms with Crippen LogP contribution < -0.4 is 20.7 Å². The van der Waals surface area contributed by atoms with E-state index in [1.807, 2.05) is 6.07 Å². The minimum atomic E-state index is -0.982. The predicted molar refractivity (Wildman–Crippen MR) is 144 cm³/mol. The molecule has 3 N–H and O–H groups in total. The van der Waals surface area contributed by atoms with Gasteiger partial charge in [-0.05, 0) is 62.6 Å². The van der Waals surface area contributed by atoms with Crippen LogP contribution in [0.3, 0.4) is 0 Å². The molecule has 5 amide bonds. The van der Waals surface area contributed by atoms with Crippen molar-refractivity contribution in [2.24, 2.45) is 5.73 Å². The van der Waals surface area contributed by atoms with Crippen LogP contribution in [0.5, 0.6) is 5.75 Å². The number of pyridine rings is 1. The summed E-state index contributed by atoms with van der Waals surface area (Å²) >= 11 is 0. The highest BCUT2D eigenvalue weighted by Gasteiger charge is 2.44. The monoisotopic (exact) mass is 548 g/mol. The van der Waals surface area contributed by atoms with E-state index in [1.54, 1.807) is 30.5 Å². The molecular formula is C28H32N6O6. The third-order valence-corrected chi connectivity index (χ3v) is 7.54. The van der Waals surface area contributed by atoms with Crippen molar-refractivity contribution in [1.29, 1.82) is 0 Å². The maximum absolute atomic E-state index is 12.9. The minimum Gasteiger partial charge on any atom is -0.494 e. The van der Waals surface area contributed by atoms with Crippen LogP contribution >= 0.6 is 0 Å². The van der Waals surface area contributed by atoms with Gasteiger partial charge < -0.3 is 15.4 Å². The lowest BCUT2D eigenvalue weighted by atomic mass is 10.0. The maximum Gasteiger partial charge on any atom is 0.267 e. The summed E-state index contributed by atoms with van der Waals surface area (Å²) in [4.78, 5) is 70.4. The lowest BCUT2D eigenvalue weighted by Gasteiger charge is -2.36. The van der Waals surface area contributed by atoms with Crippen molar-refractivity contribution in [3.63, 3.8) is 0 Å². The second-order valence-corrected chi connectivity index (χ2v) is 10.2. The molecule has 3 aliphatic rings. The van der Waals surface area contributed by atoms with E-state index in [4.69, 9.17) is 10.5 Å². The Morgan fingerprint density at radius 1 is 0.975 bits per heavy atom. The highest BCUT2D eigenvalue weighted by Crippen LogP contribution is 2.30. The molecule has 12 heteroatoms. The Kier molecular flexibility index (Phi) is 8.06. The molecule has 12 nitrogen and oxygen atoms in total. The number of fused-ring (bicyclic) bond motifs is 1. The third-order valence-electron chi connectivity index (χ3n) is 7.54. The highest BCUT2D eigenvalue weighted by atomic mass is 16.5. The van der Waals surface area contributed by atoms with Gasteiger partial charge in [0.2, 0.25) is 11.8 Å². The Balaban J connectivity index is 1.02. The largest absolute Gasteiger partial charge is 0.494 e. The summed E-state index contributed by atoms with van der Waals surface area (Å²) < 4.78 is 5.85. The number of hydrogen-bond donors (Lipinski definition) is 2. The average molecular weight is 549 g/mol. The van der Waals surface area contributed by atoms with Gasteiger partial charge in [-0.1, -0.05) is 0 Å². The molecule has 0 aliphatic carbocycles. The number of rotatable bonds is 10. The number of hydrogen-bond acceptors (Lipinski definition) is 9. The number of piperazine rings is 1. The summed E-state index contributed by atoms with van der Waals surface area (Å²) in [7, 11) is 0. The fourth-order valence-electron chi connectivity index (χ4n) is 5.29. The molecule has 2 saturated heterocycles. The second-order valence-electron chi connectivity index (χ2n) is 10.2. The van der Waals surface area contributed by atoms with Crippen molar-refractivity contribution in [2.45, 2.75) is 38.1 Å². The zero-order chi connectivity index (χ0) is 28.2. The molecule has 2 aromatic rings. The zero-order valence-corrected chi connectivity index (χ0v) is 22.1. The molecule has 1 atom stereocenters. The Labute approximate surface area is 231 Å². The van der Waals surface area contributed by atoms with Crippen molar-refractivity contribution >= 4 is 35.2 Å². The number of ether oxygens (including phenoxy) is 1. The topological polar surface area (TPSA) is 155 Å². The van der Waals surface area contributed by atoms with Crippen LogP contribution in [-0.2, 0) is 9.59 Å². The van der Waals surface area contributed by atoms with Gasteiger partial charge in [-0.2, -0.15) is 0 Å². The number of carbonyl (C=O) groups excluding carboxylic acids is 5. The number of piperidine rings is 1. The van der Waals surface area contributed by atoms with Crippen LogP contribution in [0.4, 0.5) is 5.69 Å². The summed E-state index contributed by atoms with van der Waals surface area (Å²) in [6.45, 7) is 5.16. The molecule has 0 spiro atoms. The van der Waals surface area contributed by atoms with Gasteiger partial charge in [0.05, 0.1) is 29.6 Å². The van der Waals surface area contributed by atoms with Crippen LogP contribution in [0.25, 0.3) is 0 Å². The first-order valence-corrected chi connectivity index (χ1v) is 13.5. The maximum atomic E-state index is 12.9. The van der Waals surface area contributed by atoms with E-state index in [-0.39, 0.29) is 29.7 Å². The van der Waals surface area contributed by atoms with E-state index < -0.39 is 35.6 Å². The molecule has 0 saturated carbocycles. The van der Waals surface area contributed by atoms with Gasteiger partial charge in [0.15, 0.2) is 0 Å². The van der Waals surface area contributed by atoms with Gasteiger partial charge >= 0.3 is 0 Å². The van der Waals surface area contributed by atoms with E-state index in [9.17, 15) is 24.0 Å². The Morgan fingerprint density at radius 2 is 1.75 bits per heavy atom. The number of imide groups is 2. The summed E-state index contributed by atoms with van der Waals surface area (Å²) in [5.74, 6) is -2.13. The van der Waals surface area contributed by atoms with Crippen molar-refractivity contribution in [2.75, 3.05) is 44.2 Å². The van der Waals surface area contributed by atoms with Gasteiger partial charge in [0, 0.05) is 32.6 Å². The van der Waals surface area contributed by atoms with E-state index >= 15 is 0 Å². The fourth-order valence-corrected chi connectivity index (χ4v) is 5.29. The first kappa shape index (κ1) is 27.3. The zero-order valence-electron chi connectivity index (χ0n) is 22.1. The highest BCUT2D eigenvalue weighted by molar-refractivity contribution is 6.23. The van der Waals surface area contributed by atoms with Crippen molar-refractivity contribution in [1.82, 2.24) is 20.1 Å². The molecule has 2 fully saturated rings. The molecule has 0 radical (unpaired) electrons. The first-order chi connectivity index (χ1) is 19.3. The van der Waals surface area contributed by atoms with Crippen molar-refractivity contribution < 1.29 is 28.7 Å². The standard InChI is InChI=1S/C28H32N6O6/c29-25(36)22-7-4-18(17-30-22)33-13-11-32(12-14-33)10-2-1-3-15-40-19-5-6-20-21(16-19)28(39)34(27(20)38)23-8-9-24(35)31-26(23)37/h4-7,16-17,23H,1-3,8-15H2,(H2,29,36)(H,31,35,37). The van der Waals surface area contributed by atoms with E-state index in [0.717, 1.165) is 62.6 Å². The summed E-state index contributed by atoms with van der Waals surface area (Å²) in [6, 6.07) is 7.32. The number of aromatic nitrogens is 1. The average Bonchev–Trinajstić information content (AvgIpc) is 3.20. The van der Waals surface area contributed by atoms with Gasteiger partial charge in [-0.25, -0.2) is 4.98 Å². The number of nitrogens with zero attached hydrogens (tertiary/aromatic N) is 4.